The standard InChI is InChI=1S/C21H34O3/c1-13(2)14-6-8-15(9-7-14)20(22)24-18-11-10-16-17(21(3,4)5)12-23-19(16)18/h14-19H,1,6-12H2,2-5H3. The highest BCUT2D eigenvalue weighted by atomic mass is 16.6. The molecule has 0 aromatic heterocycles. The minimum absolute atomic E-state index is 0.0172. The number of rotatable bonds is 3. The van der Waals surface area contributed by atoms with Crippen LogP contribution in [-0.2, 0) is 14.3 Å². The molecule has 0 bridgehead atoms. The van der Waals surface area contributed by atoms with Crippen LogP contribution in [0.25, 0.3) is 0 Å². The van der Waals surface area contributed by atoms with Crippen molar-refractivity contribution < 1.29 is 14.3 Å². The number of esters is 1. The summed E-state index contributed by atoms with van der Waals surface area (Å²) >= 11 is 0. The van der Waals surface area contributed by atoms with Crippen LogP contribution < -0.4 is 0 Å². The summed E-state index contributed by atoms with van der Waals surface area (Å²) in [6.07, 6.45) is 6.26. The Bertz CT molecular complexity index is 482. The monoisotopic (exact) mass is 334 g/mol. The number of hydrogen-bond donors (Lipinski definition) is 0. The fourth-order valence-corrected chi connectivity index (χ4v) is 5.05. The van der Waals surface area contributed by atoms with E-state index in [4.69, 9.17) is 9.47 Å². The minimum Gasteiger partial charge on any atom is -0.459 e. The zero-order chi connectivity index (χ0) is 17.5. The molecule has 4 unspecified atom stereocenters. The summed E-state index contributed by atoms with van der Waals surface area (Å²) in [5.74, 6) is 1.83. The van der Waals surface area contributed by atoms with E-state index in [0.717, 1.165) is 45.1 Å². The molecule has 136 valence electrons. The van der Waals surface area contributed by atoms with Crippen LogP contribution in [0.5, 0.6) is 0 Å². The third kappa shape index (κ3) is 3.56. The number of carbonyl (C=O) groups is 1. The van der Waals surface area contributed by atoms with E-state index in [1.165, 1.54) is 5.57 Å². The molecule has 0 radical (unpaired) electrons. The molecule has 1 aliphatic heterocycles. The molecular formula is C21H34O3. The first kappa shape index (κ1) is 18.0. The van der Waals surface area contributed by atoms with Gasteiger partial charge < -0.3 is 9.47 Å². The summed E-state index contributed by atoms with van der Waals surface area (Å²) in [6.45, 7) is 13.9. The molecule has 1 saturated heterocycles. The smallest absolute Gasteiger partial charge is 0.309 e. The largest absolute Gasteiger partial charge is 0.459 e. The highest BCUT2D eigenvalue weighted by Crippen LogP contribution is 2.48. The Morgan fingerprint density at radius 2 is 1.67 bits per heavy atom. The predicted octanol–water partition coefficient (Wildman–Crippen LogP) is 4.75. The van der Waals surface area contributed by atoms with E-state index in [1.54, 1.807) is 0 Å². The lowest BCUT2D eigenvalue weighted by atomic mass is 9.74. The van der Waals surface area contributed by atoms with Crippen LogP contribution in [0.2, 0.25) is 0 Å². The fourth-order valence-electron chi connectivity index (χ4n) is 5.05. The minimum atomic E-state index is -0.0197. The van der Waals surface area contributed by atoms with Gasteiger partial charge in [0.05, 0.1) is 18.6 Å². The maximum absolute atomic E-state index is 12.6. The van der Waals surface area contributed by atoms with Gasteiger partial charge in [0, 0.05) is 0 Å². The first-order valence-electron chi connectivity index (χ1n) is 9.75. The Morgan fingerprint density at radius 3 is 2.25 bits per heavy atom. The molecule has 3 nitrogen and oxygen atoms in total. The molecule has 0 N–H and O–H groups in total. The average molecular weight is 335 g/mol. The van der Waals surface area contributed by atoms with Crippen LogP contribution in [0, 0.1) is 29.1 Å². The van der Waals surface area contributed by atoms with Crippen molar-refractivity contribution in [2.24, 2.45) is 29.1 Å². The van der Waals surface area contributed by atoms with Crippen LogP contribution in [0.15, 0.2) is 12.2 Å². The molecule has 3 rings (SSSR count). The Balaban J connectivity index is 1.53. The van der Waals surface area contributed by atoms with Gasteiger partial charge in [-0.2, -0.15) is 0 Å². The molecule has 1 heterocycles. The molecule has 24 heavy (non-hydrogen) atoms. The van der Waals surface area contributed by atoms with E-state index in [1.807, 2.05) is 0 Å². The van der Waals surface area contributed by atoms with Crippen LogP contribution in [-0.4, -0.2) is 24.8 Å². The quantitative estimate of drug-likeness (QED) is 0.552. The SMILES string of the molecule is C=C(C)C1CCC(C(=O)OC2CCC3C2OCC3C(C)(C)C)CC1. The van der Waals surface area contributed by atoms with Gasteiger partial charge in [-0.05, 0) is 68.6 Å². The highest BCUT2D eigenvalue weighted by molar-refractivity contribution is 5.72. The van der Waals surface area contributed by atoms with Crippen molar-refractivity contribution in [3.8, 4) is 0 Å². The number of allylic oxidation sites excluding steroid dienone is 1. The zero-order valence-electron chi connectivity index (χ0n) is 15.8. The lowest BCUT2D eigenvalue weighted by Crippen LogP contribution is -2.34. The van der Waals surface area contributed by atoms with Crippen molar-refractivity contribution in [3.05, 3.63) is 12.2 Å². The van der Waals surface area contributed by atoms with Gasteiger partial charge in [0.2, 0.25) is 0 Å². The molecule has 2 saturated carbocycles. The van der Waals surface area contributed by atoms with Gasteiger partial charge in [-0.1, -0.05) is 32.9 Å². The molecule has 2 aliphatic carbocycles. The summed E-state index contributed by atoms with van der Waals surface area (Å²) in [5.41, 5.74) is 1.52. The van der Waals surface area contributed by atoms with E-state index in [2.05, 4.69) is 34.3 Å². The summed E-state index contributed by atoms with van der Waals surface area (Å²) in [4.78, 5) is 12.6. The van der Waals surface area contributed by atoms with Crippen molar-refractivity contribution in [3.63, 3.8) is 0 Å². The summed E-state index contributed by atoms with van der Waals surface area (Å²) in [7, 11) is 0. The molecule has 3 heteroatoms. The maximum Gasteiger partial charge on any atom is 0.309 e. The number of ether oxygens (including phenoxy) is 2. The van der Waals surface area contributed by atoms with Crippen LogP contribution >= 0.6 is 0 Å². The highest BCUT2D eigenvalue weighted by Gasteiger charge is 2.51. The predicted molar refractivity (Wildman–Crippen MR) is 95.6 cm³/mol. The van der Waals surface area contributed by atoms with E-state index < -0.39 is 0 Å². The van der Waals surface area contributed by atoms with Gasteiger partial charge in [0.1, 0.15) is 6.10 Å². The van der Waals surface area contributed by atoms with Gasteiger partial charge in [-0.3, -0.25) is 4.79 Å². The third-order valence-electron chi connectivity index (χ3n) is 6.70. The molecule has 0 amide bonds. The zero-order valence-corrected chi connectivity index (χ0v) is 15.8. The van der Waals surface area contributed by atoms with Crippen molar-refractivity contribution in [1.29, 1.82) is 0 Å². The number of hydrogen-bond acceptors (Lipinski definition) is 3. The lowest BCUT2D eigenvalue weighted by Gasteiger charge is -2.30. The molecule has 4 atom stereocenters. The van der Waals surface area contributed by atoms with E-state index in [9.17, 15) is 4.79 Å². The molecule has 3 fully saturated rings. The van der Waals surface area contributed by atoms with Crippen LogP contribution in [0.3, 0.4) is 0 Å². The van der Waals surface area contributed by atoms with Gasteiger partial charge in [0.25, 0.3) is 0 Å². The van der Waals surface area contributed by atoms with Crippen molar-refractivity contribution in [2.75, 3.05) is 6.61 Å². The Morgan fingerprint density at radius 1 is 1.04 bits per heavy atom. The normalized spacial score (nSPS) is 39.5. The fraction of sp³-hybridized carbons (Fsp3) is 0.857. The second-order valence-corrected chi connectivity index (χ2v) is 9.38. The van der Waals surface area contributed by atoms with Crippen LogP contribution in [0.1, 0.15) is 66.2 Å². The summed E-state index contributed by atoms with van der Waals surface area (Å²) < 4.78 is 12.0. The van der Waals surface area contributed by atoms with E-state index >= 15 is 0 Å². The number of fused-ring (bicyclic) bond motifs is 1. The first-order valence-corrected chi connectivity index (χ1v) is 9.75. The van der Waals surface area contributed by atoms with Crippen molar-refractivity contribution >= 4 is 5.97 Å². The molecule has 0 spiro atoms. The summed E-state index contributed by atoms with van der Waals surface area (Å²) in [5, 5.41) is 0. The Hall–Kier alpha value is -0.830. The van der Waals surface area contributed by atoms with Crippen molar-refractivity contribution in [1.82, 2.24) is 0 Å². The van der Waals surface area contributed by atoms with Gasteiger partial charge in [-0.25, -0.2) is 0 Å². The molecule has 0 aromatic carbocycles. The Kier molecular flexibility index (Phi) is 5.11. The Labute approximate surface area is 147 Å². The number of carbonyl (C=O) groups excluding carboxylic acids is 1. The average Bonchev–Trinajstić information content (AvgIpc) is 3.09. The second kappa shape index (κ2) is 6.82. The van der Waals surface area contributed by atoms with Crippen molar-refractivity contribution in [2.45, 2.75) is 78.4 Å². The first-order chi connectivity index (χ1) is 11.3. The van der Waals surface area contributed by atoms with Gasteiger partial charge in [0.15, 0.2) is 0 Å². The molecule has 0 aromatic rings. The molecular weight excluding hydrogens is 300 g/mol. The third-order valence-corrected chi connectivity index (χ3v) is 6.70. The van der Waals surface area contributed by atoms with Gasteiger partial charge in [-0.15, -0.1) is 0 Å². The summed E-state index contributed by atoms with van der Waals surface area (Å²) in [6, 6.07) is 0. The lowest BCUT2D eigenvalue weighted by molar-refractivity contribution is -0.160. The second-order valence-electron chi connectivity index (χ2n) is 9.38. The maximum atomic E-state index is 12.6. The molecule has 3 aliphatic rings. The van der Waals surface area contributed by atoms with E-state index in [0.29, 0.717) is 17.8 Å². The van der Waals surface area contributed by atoms with Gasteiger partial charge >= 0.3 is 5.97 Å². The topological polar surface area (TPSA) is 35.5 Å². The van der Waals surface area contributed by atoms with E-state index in [-0.39, 0.29) is 29.5 Å². The van der Waals surface area contributed by atoms with Crippen LogP contribution in [0.4, 0.5) is 0 Å².